The molecule has 0 fully saturated rings. The molecule has 2 rings (SSSR count). The highest BCUT2D eigenvalue weighted by Crippen LogP contribution is 2.20. The summed E-state index contributed by atoms with van der Waals surface area (Å²) in [5.41, 5.74) is 7.42. The van der Waals surface area contributed by atoms with Gasteiger partial charge in [0, 0.05) is 11.1 Å². The van der Waals surface area contributed by atoms with Gasteiger partial charge in [0.25, 0.3) is 0 Å². The molecule has 0 atom stereocenters. The largest absolute Gasteiger partial charge is 0.463 e. The van der Waals surface area contributed by atoms with Crippen LogP contribution in [0.2, 0.25) is 0 Å². The second-order valence-corrected chi connectivity index (χ2v) is 3.06. The lowest BCUT2D eigenvalue weighted by molar-refractivity contribution is 0.194. The summed E-state index contributed by atoms with van der Waals surface area (Å²) in [6, 6.07) is 5.03. The first-order chi connectivity index (χ1) is 6.59. The summed E-state index contributed by atoms with van der Waals surface area (Å²) in [7, 11) is 0. The van der Waals surface area contributed by atoms with E-state index in [9.17, 15) is 4.79 Å². The molecule has 0 amide bonds. The van der Waals surface area contributed by atoms with Crippen LogP contribution in [0.15, 0.2) is 18.2 Å². The minimum atomic E-state index is -1.09. The Morgan fingerprint density at radius 2 is 2.29 bits per heavy atom. The zero-order valence-electron chi connectivity index (χ0n) is 7.56. The van der Waals surface area contributed by atoms with Crippen LogP contribution in [0.5, 0.6) is 0 Å². The minimum Gasteiger partial charge on any atom is -0.463 e. The highest BCUT2D eigenvalue weighted by molar-refractivity contribution is 5.90. The van der Waals surface area contributed by atoms with Crippen molar-refractivity contribution in [1.29, 1.82) is 0 Å². The number of benzene rings is 1. The molecule has 3 N–H and O–H groups in total. The third kappa shape index (κ3) is 1.10. The van der Waals surface area contributed by atoms with Gasteiger partial charge in [-0.25, -0.2) is 4.79 Å². The van der Waals surface area contributed by atoms with Crippen molar-refractivity contribution < 1.29 is 9.90 Å². The van der Waals surface area contributed by atoms with Crippen molar-refractivity contribution in [2.45, 2.75) is 6.92 Å². The molecule has 1 aromatic carbocycles. The Balaban J connectivity index is 2.84. The fourth-order valence-corrected chi connectivity index (χ4v) is 1.43. The zero-order chi connectivity index (χ0) is 10.3. The number of nitrogens with two attached hydrogens (primary N) is 1. The van der Waals surface area contributed by atoms with Crippen LogP contribution in [0.25, 0.3) is 10.9 Å². The van der Waals surface area contributed by atoms with E-state index in [1.165, 1.54) is 0 Å². The van der Waals surface area contributed by atoms with Gasteiger partial charge in [-0.15, -0.1) is 0 Å². The second kappa shape index (κ2) is 2.73. The molecule has 5 heteroatoms. The molecule has 0 radical (unpaired) electrons. The number of nitrogens with zero attached hydrogens (tertiary/aromatic N) is 2. The van der Waals surface area contributed by atoms with Gasteiger partial charge in [0.15, 0.2) is 0 Å². The lowest BCUT2D eigenvalue weighted by Crippen LogP contribution is -2.09. The fourth-order valence-electron chi connectivity index (χ4n) is 1.43. The van der Waals surface area contributed by atoms with Gasteiger partial charge in [0.05, 0.1) is 11.2 Å². The van der Waals surface area contributed by atoms with E-state index in [1.807, 2.05) is 0 Å². The zero-order valence-corrected chi connectivity index (χ0v) is 7.56. The number of nitrogen functional groups attached to an aromatic ring is 1. The number of hydrogen-bond donors (Lipinski definition) is 2. The van der Waals surface area contributed by atoms with E-state index >= 15 is 0 Å². The highest BCUT2D eigenvalue weighted by Gasteiger charge is 2.11. The summed E-state index contributed by atoms with van der Waals surface area (Å²) in [5, 5.41) is 13.5. The van der Waals surface area contributed by atoms with Crippen molar-refractivity contribution >= 4 is 22.7 Å². The van der Waals surface area contributed by atoms with Crippen LogP contribution in [0.1, 0.15) is 5.69 Å². The molecule has 0 unspecified atom stereocenters. The maximum atomic E-state index is 10.8. The molecule has 0 saturated heterocycles. The Morgan fingerprint density at radius 1 is 1.57 bits per heavy atom. The predicted octanol–water partition coefficient (Wildman–Crippen LogP) is 1.45. The van der Waals surface area contributed by atoms with Crippen LogP contribution in [-0.4, -0.2) is 21.0 Å². The van der Waals surface area contributed by atoms with E-state index in [4.69, 9.17) is 10.8 Å². The van der Waals surface area contributed by atoms with Gasteiger partial charge in [0.2, 0.25) is 0 Å². The first-order valence-electron chi connectivity index (χ1n) is 4.08. The van der Waals surface area contributed by atoms with Gasteiger partial charge < -0.3 is 10.8 Å². The van der Waals surface area contributed by atoms with Gasteiger partial charge >= 0.3 is 6.09 Å². The lowest BCUT2D eigenvalue weighted by atomic mass is 10.2. The molecule has 0 aliphatic heterocycles. The first kappa shape index (κ1) is 8.55. The van der Waals surface area contributed by atoms with E-state index in [0.29, 0.717) is 16.9 Å². The molecule has 14 heavy (non-hydrogen) atoms. The molecular weight excluding hydrogens is 182 g/mol. The molecule has 0 bridgehead atoms. The molecule has 0 saturated carbocycles. The molecule has 2 aromatic rings. The summed E-state index contributed by atoms with van der Waals surface area (Å²) >= 11 is 0. The van der Waals surface area contributed by atoms with E-state index in [1.54, 1.807) is 25.1 Å². The maximum Gasteiger partial charge on any atom is 0.432 e. The standard InChI is InChI=1S/C9H9N3O2/c1-5-7-4-6(10)2-3-8(7)12(11-5)9(13)14/h2-4H,10H2,1H3,(H,13,14). The van der Waals surface area contributed by atoms with E-state index in [2.05, 4.69) is 5.10 Å². The van der Waals surface area contributed by atoms with Gasteiger partial charge in [-0.05, 0) is 25.1 Å². The van der Waals surface area contributed by atoms with Gasteiger partial charge in [0.1, 0.15) is 0 Å². The van der Waals surface area contributed by atoms with Crippen LogP contribution in [-0.2, 0) is 0 Å². The smallest absolute Gasteiger partial charge is 0.432 e. The Morgan fingerprint density at radius 3 is 2.93 bits per heavy atom. The molecule has 0 spiro atoms. The van der Waals surface area contributed by atoms with E-state index < -0.39 is 6.09 Å². The van der Waals surface area contributed by atoms with Gasteiger partial charge in [-0.3, -0.25) is 0 Å². The van der Waals surface area contributed by atoms with Crippen molar-refractivity contribution in [3.63, 3.8) is 0 Å². The minimum absolute atomic E-state index is 0.559. The SMILES string of the molecule is Cc1nn(C(=O)O)c2ccc(N)cc12. The van der Waals surface area contributed by atoms with Gasteiger partial charge in [-0.1, -0.05) is 0 Å². The average molecular weight is 191 g/mol. The number of carboxylic acid groups (broad SMARTS) is 1. The second-order valence-electron chi connectivity index (χ2n) is 3.06. The maximum absolute atomic E-state index is 10.8. The van der Waals surface area contributed by atoms with Crippen molar-refractivity contribution in [2.75, 3.05) is 5.73 Å². The summed E-state index contributed by atoms with van der Waals surface area (Å²) in [5.74, 6) is 0. The van der Waals surface area contributed by atoms with E-state index in [0.717, 1.165) is 10.1 Å². The number of carbonyl (C=O) groups is 1. The van der Waals surface area contributed by atoms with Crippen LogP contribution >= 0.6 is 0 Å². The Labute approximate surface area is 79.7 Å². The molecule has 0 aliphatic rings. The quantitative estimate of drug-likeness (QED) is 0.617. The van der Waals surface area contributed by atoms with Crippen LogP contribution in [0.3, 0.4) is 0 Å². The predicted molar refractivity (Wildman–Crippen MR) is 52.3 cm³/mol. The van der Waals surface area contributed by atoms with Crippen molar-refractivity contribution in [1.82, 2.24) is 9.78 Å². The molecule has 1 aromatic heterocycles. The number of aryl methyl sites for hydroxylation is 1. The average Bonchev–Trinajstić information content (AvgIpc) is 2.44. The van der Waals surface area contributed by atoms with Crippen LogP contribution < -0.4 is 5.73 Å². The topological polar surface area (TPSA) is 81.1 Å². The first-order valence-corrected chi connectivity index (χ1v) is 4.08. The van der Waals surface area contributed by atoms with Crippen LogP contribution in [0.4, 0.5) is 10.5 Å². The fraction of sp³-hybridized carbons (Fsp3) is 0.111. The normalized spacial score (nSPS) is 10.6. The molecular formula is C9H9N3O2. The van der Waals surface area contributed by atoms with Crippen molar-refractivity contribution in [3.8, 4) is 0 Å². The Bertz CT molecular complexity index is 516. The molecule has 1 heterocycles. The van der Waals surface area contributed by atoms with E-state index in [-0.39, 0.29) is 0 Å². The van der Waals surface area contributed by atoms with Crippen molar-refractivity contribution in [3.05, 3.63) is 23.9 Å². The summed E-state index contributed by atoms with van der Waals surface area (Å²) in [6.07, 6.45) is -1.09. The molecule has 0 aliphatic carbocycles. The third-order valence-electron chi connectivity index (χ3n) is 2.07. The molecule has 5 nitrogen and oxygen atoms in total. The summed E-state index contributed by atoms with van der Waals surface area (Å²) in [4.78, 5) is 10.8. The Kier molecular flexibility index (Phi) is 1.67. The summed E-state index contributed by atoms with van der Waals surface area (Å²) < 4.78 is 0.949. The lowest BCUT2D eigenvalue weighted by Gasteiger charge is -1.95. The molecule has 72 valence electrons. The third-order valence-corrected chi connectivity index (χ3v) is 2.07. The number of anilines is 1. The van der Waals surface area contributed by atoms with Crippen LogP contribution in [0, 0.1) is 6.92 Å². The number of hydrogen-bond acceptors (Lipinski definition) is 3. The highest BCUT2D eigenvalue weighted by atomic mass is 16.4. The van der Waals surface area contributed by atoms with Crippen molar-refractivity contribution in [2.24, 2.45) is 0 Å². The summed E-state index contributed by atoms with van der Waals surface area (Å²) in [6.45, 7) is 1.75. The number of aromatic nitrogens is 2. The monoisotopic (exact) mass is 191 g/mol. The Hall–Kier alpha value is -2.04. The van der Waals surface area contributed by atoms with Gasteiger partial charge in [-0.2, -0.15) is 9.78 Å². The number of fused-ring (bicyclic) bond motifs is 1. The number of rotatable bonds is 0.